The molecule has 0 unspecified atom stereocenters. The van der Waals surface area contributed by atoms with E-state index in [1.54, 1.807) is 96.3 Å². The summed E-state index contributed by atoms with van der Waals surface area (Å²) in [5.74, 6) is 2.28. The fourth-order valence-corrected chi connectivity index (χ4v) is 8.51. The second-order valence-corrected chi connectivity index (χ2v) is 9.50. The van der Waals surface area contributed by atoms with Gasteiger partial charge in [-0.25, -0.2) is 0 Å². The molecule has 20 heavy (non-hydrogen) atoms. The molecule has 0 nitrogen and oxygen atoms in total. The molecule has 0 amide bonds. The first-order chi connectivity index (χ1) is 9.78. The predicted octanol–water partition coefficient (Wildman–Crippen LogP) is 6.10. The zero-order valence-corrected chi connectivity index (χ0v) is 13.3. The molecule has 0 radical (unpaired) electrons. The van der Waals surface area contributed by atoms with Crippen molar-refractivity contribution >= 4 is 0 Å². The first-order valence-electron chi connectivity index (χ1n) is 9.78. The number of hydrogen-bond acceptors (Lipinski definition) is 0. The Morgan fingerprint density at radius 2 is 0.950 bits per heavy atom. The summed E-state index contributed by atoms with van der Waals surface area (Å²) in [6.07, 6.45) is 24.2. The van der Waals surface area contributed by atoms with Gasteiger partial charge in [-0.3, -0.25) is 0 Å². The van der Waals surface area contributed by atoms with Crippen LogP contribution in [0.5, 0.6) is 0 Å². The van der Waals surface area contributed by atoms with Crippen LogP contribution in [0.4, 0.5) is 0 Å². The minimum Gasteiger partial charge on any atom is -0.0533 e. The standard InChI is InChI=1S/C20H32/c1-2-8-20(9-3-1,18-10-4-16(14-18)5-11-18)19-12-6-17(15-19)7-13-19/h16-17H,1-15H2. The van der Waals surface area contributed by atoms with E-state index in [1.807, 2.05) is 0 Å². The van der Waals surface area contributed by atoms with Crippen molar-refractivity contribution in [2.45, 2.75) is 96.3 Å². The van der Waals surface area contributed by atoms with E-state index in [1.165, 1.54) is 0 Å². The minimum atomic E-state index is 0.814. The molecule has 0 atom stereocenters. The highest BCUT2D eigenvalue weighted by molar-refractivity contribution is 5.17. The third kappa shape index (κ3) is 1.35. The Kier molecular flexibility index (Phi) is 2.54. The molecule has 0 aromatic heterocycles. The minimum absolute atomic E-state index is 0.814. The smallest absolute Gasteiger partial charge is 0.0184 e. The molecule has 5 saturated carbocycles. The van der Waals surface area contributed by atoms with Gasteiger partial charge in [0.2, 0.25) is 0 Å². The van der Waals surface area contributed by atoms with E-state index in [4.69, 9.17) is 0 Å². The Morgan fingerprint density at radius 3 is 1.30 bits per heavy atom. The molecule has 5 aliphatic carbocycles. The topological polar surface area (TPSA) is 0 Å². The Balaban J connectivity index is 1.60. The van der Waals surface area contributed by atoms with Gasteiger partial charge in [0.25, 0.3) is 0 Å². The van der Waals surface area contributed by atoms with Gasteiger partial charge in [-0.2, -0.15) is 0 Å². The van der Waals surface area contributed by atoms with Crippen LogP contribution in [0.3, 0.4) is 0 Å². The zero-order valence-electron chi connectivity index (χ0n) is 13.3. The van der Waals surface area contributed by atoms with Crippen molar-refractivity contribution in [1.82, 2.24) is 0 Å². The Hall–Kier alpha value is 0. The molecule has 0 saturated heterocycles. The van der Waals surface area contributed by atoms with E-state index in [9.17, 15) is 0 Å². The highest BCUT2D eigenvalue weighted by atomic mass is 14.7. The van der Waals surface area contributed by atoms with Crippen LogP contribution in [0, 0.1) is 28.1 Å². The summed E-state index contributed by atoms with van der Waals surface area (Å²) in [5, 5.41) is 0. The van der Waals surface area contributed by atoms with Crippen LogP contribution in [0.1, 0.15) is 96.3 Å². The summed E-state index contributed by atoms with van der Waals surface area (Å²) < 4.78 is 0. The summed E-state index contributed by atoms with van der Waals surface area (Å²) in [5.41, 5.74) is 2.48. The summed E-state index contributed by atoms with van der Waals surface area (Å²) in [7, 11) is 0. The van der Waals surface area contributed by atoms with Crippen molar-refractivity contribution < 1.29 is 0 Å². The summed E-state index contributed by atoms with van der Waals surface area (Å²) in [6.45, 7) is 0. The molecule has 0 aromatic rings. The molecule has 5 aliphatic rings. The molecule has 5 fully saturated rings. The van der Waals surface area contributed by atoms with Crippen molar-refractivity contribution in [3.05, 3.63) is 0 Å². The van der Waals surface area contributed by atoms with Crippen LogP contribution in [0.15, 0.2) is 0 Å². The van der Waals surface area contributed by atoms with Crippen LogP contribution >= 0.6 is 0 Å². The quantitative estimate of drug-likeness (QED) is 0.570. The van der Waals surface area contributed by atoms with Gasteiger partial charge in [-0.1, -0.05) is 19.3 Å². The van der Waals surface area contributed by atoms with E-state index < -0.39 is 0 Å². The second kappa shape index (κ2) is 4.05. The first-order valence-corrected chi connectivity index (χ1v) is 9.78. The molecule has 0 heterocycles. The van der Waals surface area contributed by atoms with Crippen LogP contribution in [0.25, 0.3) is 0 Å². The molecule has 112 valence electrons. The SMILES string of the molecule is C1CCC(C23CCC(CC2)C3)(C23CCC(CC2)C3)CC1. The maximum atomic E-state index is 1.65. The van der Waals surface area contributed by atoms with Gasteiger partial charge < -0.3 is 0 Å². The van der Waals surface area contributed by atoms with Crippen molar-refractivity contribution in [2.75, 3.05) is 0 Å². The predicted molar refractivity (Wildman–Crippen MR) is 83.5 cm³/mol. The lowest BCUT2D eigenvalue weighted by atomic mass is 9.44. The van der Waals surface area contributed by atoms with Crippen LogP contribution in [0.2, 0.25) is 0 Å². The fraction of sp³-hybridized carbons (Fsp3) is 1.00. The van der Waals surface area contributed by atoms with Crippen LogP contribution < -0.4 is 0 Å². The third-order valence-corrected chi connectivity index (χ3v) is 9.22. The first kappa shape index (κ1) is 12.5. The van der Waals surface area contributed by atoms with E-state index in [-0.39, 0.29) is 0 Å². The molecule has 0 spiro atoms. The fourth-order valence-electron chi connectivity index (χ4n) is 8.51. The second-order valence-electron chi connectivity index (χ2n) is 9.50. The van der Waals surface area contributed by atoms with E-state index in [0.29, 0.717) is 0 Å². The van der Waals surface area contributed by atoms with Gasteiger partial charge in [0.05, 0.1) is 0 Å². The van der Waals surface area contributed by atoms with Crippen LogP contribution in [-0.4, -0.2) is 0 Å². The lowest BCUT2D eigenvalue weighted by Crippen LogP contribution is -2.52. The third-order valence-electron chi connectivity index (χ3n) is 9.22. The Labute approximate surface area is 125 Å². The van der Waals surface area contributed by atoms with Crippen LogP contribution in [-0.2, 0) is 0 Å². The molecule has 0 aliphatic heterocycles. The normalized spacial score (nSPS) is 52.8. The van der Waals surface area contributed by atoms with Gasteiger partial charge in [-0.05, 0) is 105 Å². The van der Waals surface area contributed by atoms with Gasteiger partial charge in [0.15, 0.2) is 0 Å². The van der Waals surface area contributed by atoms with E-state index in [2.05, 4.69) is 0 Å². The Morgan fingerprint density at radius 1 is 0.500 bits per heavy atom. The van der Waals surface area contributed by atoms with E-state index >= 15 is 0 Å². The Bertz CT molecular complexity index is 352. The molecule has 0 N–H and O–H groups in total. The highest BCUT2D eigenvalue weighted by Crippen LogP contribution is 2.77. The average molecular weight is 272 g/mol. The molecule has 5 rings (SSSR count). The number of hydrogen-bond donors (Lipinski definition) is 0. The zero-order chi connectivity index (χ0) is 13.3. The van der Waals surface area contributed by atoms with Gasteiger partial charge in [-0.15, -0.1) is 0 Å². The lowest BCUT2D eigenvalue weighted by Gasteiger charge is -2.60. The maximum Gasteiger partial charge on any atom is -0.0184 e. The van der Waals surface area contributed by atoms with Crippen molar-refractivity contribution in [2.24, 2.45) is 28.1 Å². The number of rotatable bonds is 2. The summed E-state index contributed by atoms with van der Waals surface area (Å²) in [6, 6.07) is 0. The highest BCUT2D eigenvalue weighted by Gasteiger charge is 2.67. The molecular formula is C20H32. The summed E-state index contributed by atoms with van der Waals surface area (Å²) in [4.78, 5) is 0. The van der Waals surface area contributed by atoms with E-state index in [0.717, 1.165) is 28.1 Å². The summed E-state index contributed by atoms with van der Waals surface area (Å²) >= 11 is 0. The number of fused-ring (bicyclic) bond motifs is 4. The van der Waals surface area contributed by atoms with Gasteiger partial charge >= 0.3 is 0 Å². The molecule has 4 bridgehead atoms. The van der Waals surface area contributed by atoms with Crippen molar-refractivity contribution in [3.8, 4) is 0 Å². The van der Waals surface area contributed by atoms with Crippen molar-refractivity contribution in [1.29, 1.82) is 0 Å². The lowest BCUT2D eigenvalue weighted by molar-refractivity contribution is -0.110. The average Bonchev–Trinajstić information content (AvgIpc) is 3.28. The monoisotopic (exact) mass is 272 g/mol. The van der Waals surface area contributed by atoms with Gasteiger partial charge in [0.1, 0.15) is 0 Å². The van der Waals surface area contributed by atoms with Gasteiger partial charge in [0, 0.05) is 0 Å². The largest absolute Gasteiger partial charge is 0.0533 e. The molecular weight excluding hydrogens is 240 g/mol. The molecule has 0 heteroatoms. The van der Waals surface area contributed by atoms with Crippen molar-refractivity contribution in [3.63, 3.8) is 0 Å². The molecule has 0 aromatic carbocycles. The maximum absolute atomic E-state index is 1.65.